The topological polar surface area (TPSA) is 55.1 Å². The Balaban J connectivity index is 2.04. The second-order valence-electron chi connectivity index (χ2n) is 4.45. The molecule has 3 N–H and O–H groups in total. The maximum Gasteiger partial charge on any atom is 0.224 e. The molecule has 0 spiro atoms. The van der Waals surface area contributed by atoms with Gasteiger partial charge in [0.2, 0.25) is 5.91 Å². The van der Waals surface area contributed by atoms with Crippen LogP contribution >= 0.6 is 0 Å². The van der Waals surface area contributed by atoms with Gasteiger partial charge in [-0.1, -0.05) is 24.3 Å². The van der Waals surface area contributed by atoms with E-state index in [2.05, 4.69) is 17.4 Å². The highest BCUT2D eigenvalue weighted by molar-refractivity contribution is 5.90. The number of fused-ring (bicyclic) bond motifs is 3. The van der Waals surface area contributed by atoms with Crippen LogP contribution in [0.15, 0.2) is 30.3 Å². The Labute approximate surface area is 94.3 Å². The number of primary amides is 1. The lowest BCUT2D eigenvalue weighted by atomic mass is 9.85. The fourth-order valence-corrected chi connectivity index (χ4v) is 2.62. The highest BCUT2D eigenvalue weighted by Crippen LogP contribution is 2.40. The van der Waals surface area contributed by atoms with Crippen LogP contribution in [0.2, 0.25) is 0 Å². The van der Waals surface area contributed by atoms with Crippen molar-refractivity contribution >= 4 is 17.2 Å². The number of para-hydroxylation sites is 1. The van der Waals surface area contributed by atoms with E-state index < -0.39 is 0 Å². The summed E-state index contributed by atoms with van der Waals surface area (Å²) in [7, 11) is 0. The predicted molar refractivity (Wildman–Crippen MR) is 63.7 cm³/mol. The molecule has 2 atom stereocenters. The SMILES string of the molecule is NC(=O)C1C=C2c3ccccc3NC2CC1. The summed E-state index contributed by atoms with van der Waals surface area (Å²) in [6.45, 7) is 0. The van der Waals surface area contributed by atoms with E-state index in [0.717, 1.165) is 12.8 Å². The monoisotopic (exact) mass is 214 g/mol. The molecule has 3 heteroatoms. The highest BCUT2D eigenvalue weighted by atomic mass is 16.1. The van der Waals surface area contributed by atoms with E-state index in [1.807, 2.05) is 18.2 Å². The number of hydrogen-bond donors (Lipinski definition) is 2. The molecular formula is C13H14N2O. The third-order valence-electron chi connectivity index (χ3n) is 3.46. The van der Waals surface area contributed by atoms with Crippen molar-refractivity contribution in [2.24, 2.45) is 11.7 Å². The largest absolute Gasteiger partial charge is 0.378 e. The van der Waals surface area contributed by atoms with Gasteiger partial charge in [-0.3, -0.25) is 4.79 Å². The van der Waals surface area contributed by atoms with E-state index >= 15 is 0 Å². The lowest BCUT2D eigenvalue weighted by molar-refractivity contribution is -0.120. The Hall–Kier alpha value is -1.77. The van der Waals surface area contributed by atoms with Crippen LogP contribution in [0.1, 0.15) is 18.4 Å². The first-order valence-corrected chi connectivity index (χ1v) is 5.62. The van der Waals surface area contributed by atoms with Gasteiger partial charge in [-0.15, -0.1) is 0 Å². The van der Waals surface area contributed by atoms with E-state index in [-0.39, 0.29) is 11.8 Å². The van der Waals surface area contributed by atoms with Gasteiger partial charge in [0.05, 0.1) is 12.0 Å². The number of benzene rings is 1. The number of anilines is 1. The minimum atomic E-state index is -0.213. The molecule has 0 radical (unpaired) electrons. The van der Waals surface area contributed by atoms with Crippen molar-refractivity contribution < 1.29 is 4.79 Å². The van der Waals surface area contributed by atoms with Gasteiger partial charge in [0.1, 0.15) is 0 Å². The maximum atomic E-state index is 11.2. The zero-order valence-corrected chi connectivity index (χ0v) is 8.94. The van der Waals surface area contributed by atoms with E-state index in [4.69, 9.17) is 5.73 Å². The van der Waals surface area contributed by atoms with Gasteiger partial charge in [-0.2, -0.15) is 0 Å². The second kappa shape index (κ2) is 3.37. The second-order valence-corrected chi connectivity index (χ2v) is 4.45. The number of nitrogens with two attached hydrogens (primary N) is 1. The molecule has 0 saturated carbocycles. The molecule has 16 heavy (non-hydrogen) atoms. The molecule has 0 saturated heterocycles. The van der Waals surface area contributed by atoms with Gasteiger partial charge in [-0.25, -0.2) is 0 Å². The summed E-state index contributed by atoms with van der Waals surface area (Å²) in [6, 6.07) is 8.59. The van der Waals surface area contributed by atoms with Crippen LogP contribution in [-0.2, 0) is 4.79 Å². The van der Waals surface area contributed by atoms with Crippen molar-refractivity contribution in [1.29, 1.82) is 0 Å². The molecule has 1 aromatic carbocycles. The lowest BCUT2D eigenvalue weighted by Gasteiger charge is -2.22. The molecule has 3 rings (SSSR count). The quantitative estimate of drug-likeness (QED) is 0.748. The van der Waals surface area contributed by atoms with Crippen LogP contribution in [0.5, 0.6) is 0 Å². The molecule has 1 heterocycles. The summed E-state index contributed by atoms with van der Waals surface area (Å²) >= 11 is 0. The summed E-state index contributed by atoms with van der Waals surface area (Å²) in [4.78, 5) is 11.2. The van der Waals surface area contributed by atoms with Gasteiger partial charge in [-0.05, 0) is 24.5 Å². The average molecular weight is 214 g/mol. The molecule has 0 bridgehead atoms. The van der Waals surface area contributed by atoms with Crippen LogP contribution in [0, 0.1) is 5.92 Å². The first kappa shape index (κ1) is 9.46. The molecule has 1 aromatic rings. The smallest absolute Gasteiger partial charge is 0.224 e. The zero-order valence-electron chi connectivity index (χ0n) is 8.94. The van der Waals surface area contributed by atoms with Crippen molar-refractivity contribution in [3.8, 4) is 0 Å². The number of carbonyl (C=O) groups is 1. The fourth-order valence-electron chi connectivity index (χ4n) is 2.62. The molecule has 3 nitrogen and oxygen atoms in total. The van der Waals surface area contributed by atoms with Gasteiger partial charge in [0.15, 0.2) is 0 Å². The van der Waals surface area contributed by atoms with Crippen molar-refractivity contribution in [2.45, 2.75) is 18.9 Å². The fraction of sp³-hybridized carbons (Fsp3) is 0.308. The Bertz CT molecular complexity index is 479. The molecule has 82 valence electrons. The zero-order chi connectivity index (χ0) is 11.1. The molecule has 2 unspecified atom stereocenters. The molecular weight excluding hydrogens is 200 g/mol. The normalized spacial score (nSPS) is 26.4. The Morgan fingerprint density at radius 2 is 2.12 bits per heavy atom. The molecule has 2 aliphatic rings. The van der Waals surface area contributed by atoms with Crippen LogP contribution in [0.25, 0.3) is 5.57 Å². The molecule has 0 aromatic heterocycles. The third-order valence-corrected chi connectivity index (χ3v) is 3.46. The van der Waals surface area contributed by atoms with Crippen LogP contribution in [-0.4, -0.2) is 11.9 Å². The van der Waals surface area contributed by atoms with Gasteiger partial charge >= 0.3 is 0 Å². The molecule has 1 aliphatic heterocycles. The minimum Gasteiger partial charge on any atom is -0.378 e. The van der Waals surface area contributed by atoms with E-state index in [0.29, 0.717) is 6.04 Å². The summed E-state index contributed by atoms with van der Waals surface area (Å²) in [5, 5.41) is 3.48. The molecule has 1 amide bonds. The number of amides is 1. The van der Waals surface area contributed by atoms with E-state index in [1.54, 1.807) is 0 Å². The maximum absolute atomic E-state index is 11.2. The first-order chi connectivity index (χ1) is 7.75. The van der Waals surface area contributed by atoms with Crippen molar-refractivity contribution in [3.05, 3.63) is 35.9 Å². The summed E-state index contributed by atoms with van der Waals surface area (Å²) in [5.41, 5.74) is 9.00. The number of nitrogens with one attached hydrogen (secondary N) is 1. The summed E-state index contributed by atoms with van der Waals surface area (Å²) < 4.78 is 0. The Morgan fingerprint density at radius 3 is 2.94 bits per heavy atom. The van der Waals surface area contributed by atoms with Crippen LogP contribution in [0.3, 0.4) is 0 Å². The van der Waals surface area contributed by atoms with Crippen molar-refractivity contribution in [1.82, 2.24) is 0 Å². The Kier molecular flexibility index (Phi) is 1.99. The summed E-state index contributed by atoms with van der Waals surface area (Å²) in [6.07, 6.45) is 3.87. The lowest BCUT2D eigenvalue weighted by Crippen LogP contribution is -2.28. The first-order valence-electron chi connectivity index (χ1n) is 5.62. The average Bonchev–Trinajstić information content (AvgIpc) is 2.66. The third kappa shape index (κ3) is 1.32. The molecule has 1 aliphatic carbocycles. The van der Waals surface area contributed by atoms with Gasteiger partial charge < -0.3 is 11.1 Å². The highest BCUT2D eigenvalue weighted by Gasteiger charge is 2.31. The Morgan fingerprint density at radius 1 is 1.31 bits per heavy atom. The van der Waals surface area contributed by atoms with Gasteiger partial charge in [0, 0.05) is 11.3 Å². The van der Waals surface area contributed by atoms with E-state index in [9.17, 15) is 4.79 Å². The van der Waals surface area contributed by atoms with Crippen LogP contribution in [0.4, 0.5) is 5.69 Å². The van der Waals surface area contributed by atoms with Crippen LogP contribution < -0.4 is 11.1 Å². The predicted octanol–water partition coefficient (Wildman–Crippen LogP) is 1.76. The minimum absolute atomic E-state index is 0.0980. The summed E-state index contributed by atoms with van der Waals surface area (Å²) in [5.74, 6) is -0.311. The standard InChI is InChI=1S/C13H14N2O/c14-13(16)8-5-6-12-10(7-8)9-3-1-2-4-11(9)15-12/h1-4,7-8,12,15H,5-6H2,(H2,14,16). The van der Waals surface area contributed by atoms with Gasteiger partial charge in [0.25, 0.3) is 0 Å². The van der Waals surface area contributed by atoms with Crippen molar-refractivity contribution in [2.75, 3.05) is 5.32 Å². The number of rotatable bonds is 1. The number of carbonyl (C=O) groups excluding carboxylic acids is 1. The van der Waals surface area contributed by atoms with Crippen molar-refractivity contribution in [3.63, 3.8) is 0 Å². The number of hydrogen-bond acceptors (Lipinski definition) is 2. The van der Waals surface area contributed by atoms with E-state index in [1.165, 1.54) is 16.8 Å². The molecule has 0 fully saturated rings.